The van der Waals surface area contributed by atoms with Gasteiger partial charge in [0.25, 0.3) is 0 Å². The molecule has 2 aromatic rings. The van der Waals surface area contributed by atoms with Crippen molar-refractivity contribution in [3.63, 3.8) is 0 Å². The maximum absolute atomic E-state index is 13.6. The molecule has 8 N–H and O–H groups in total. The van der Waals surface area contributed by atoms with Crippen molar-refractivity contribution in [3.05, 3.63) is 53.3 Å². The quantitative estimate of drug-likeness (QED) is 0.222. The molecule has 7 nitrogen and oxygen atoms in total. The second-order valence-electron chi connectivity index (χ2n) is 5.24. The first-order valence-electron chi connectivity index (χ1n) is 7.47. The third kappa shape index (κ3) is 6.63. The van der Waals surface area contributed by atoms with Crippen LogP contribution in [-0.4, -0.2) is 20.7 Å². The van der Waals surface area contributed by atoms with Crippen LogP contribution in [0.1, 0.15) is 11.1 Å². The van der Waals surface area contributed by atoms with Crippen LogP contribution >= 0.6 is 35.3 Å². The van der Waals surface area contributed by atoms with Crippen LogP contribution < -0.4 is 16.7 Å². The lowest BCUT2D eigenvalue weighted by molar-refractivity contribution is 0.0291. The zero-order chi connectivity index (χ0) is 20.0. The second kappa shape index (κ2) is 9.85. The van der Waals surface area contributed by atoms with Gasteiger partial charge in [-0.2, -0.15) is 0 Å². The van der Waals surface area contributed by atoms with E-state index in [0.717, 1.165) is 38.9 Å². The predicted molar refractivity (Wildman–Crippen MR) is 109 cm³/mol. The molecule has 0 atom stereocenters. The van der Waals surface area contributed by atoms with Crippen molar-refractivity contribution in [1.29, 1.82) is 10.8 Å². The molecule has 27 heavy (non-hydrogen) atoms. The van der Waals surface area contributed by atoms with E-state index in [0.29, 0.717) is 17.1 Å². The van der Waals surface area contributed by atoms with E-state index in [2.05, 4.69) is 0 Å². The lowest BCUT2D eigenvalue weighted by Crippen LogP contribution is -2.11. The maximum atomic E-state index is 13.6. The number of nitrogens with two attached hydrogens (primary N) is 2. The molecule has 0 aliphatic heterocycles. The van der Waals surface area contributed by atoms with Crippen molar-refractivity contribution in [2.24, 2.45) is 11.5 Å². The smallest absolute Gasteiger partial charge is 0.151 e. The Morgan fingerprint density at radius 1 is 0.926 bits per heavy atom. The number of anilines is 1. The van der Waals surface area contributed by atoms with Crippen molar-refractivity contribution >= 4 is 51.3 Å². The van der Waals surface area contributed by atoms with E-state index >= 15 is 0 Å². The van der Waals surface area contributed by atoms with Crippen molar-refractivity contribution in [2.75, 3.05) is 5.23 Å². The molecule has 0 aliphatic carbocycles. The van der Waals surface area contributed by atoms with E-state index in [1.54, 1.807) is 18.2 Å². The lowest BCUT2D eigenvalue weighted by atomic mass is 10.2. The van der Waals surface area contributed by atoms with Gasteiger partial charge < -0.3 is 11.5 Å². The third-order valence-corrected chi connectivity index (χ3v) is 6.05. The van der Waals surface area contributed by atoms with Crippen molar-refractivity contribution < 1.29 is 14.8 Å². The standard InChI is InChI=1S/C16H18FN5O2S3/c17-11-1-3-13(9(5-11)7-25-15(18)19)27-14-4-2-12(22(23)24)6-10(14)8-26-16(20)21/h1-6,23-24H,7-8H2,(H3,18,19)(H3,20,21). The number of hydrogen-bond donors (Lipinski definition) is 6. The van der Waals surface area contributed by atoms with Crippen molar-refractivity contribution in [1.82, 2.24) is 0 Å². The SMILES string of the molecule is N=C(N)SCc1cc(F)ccc1Sc1ccc(N(O)O)cc1CSC(=N)N. The highest BCUT2D eigenvalue weighted by Crippen LogP contribution is 2.37. The van der Waals surface area contributed by atoms with Gasteiger partial charge in [0.2, 0.25) is 0 Å². The van der Waals surface area contributed by atoms with Gasteiger partial charge in [-0.1, -0.05) is 35.3 Å². The highest BCUT2D eigenvalue weighted by atomic mass is 32.2. The molecule has 144 valence electrons. The normalized spacial score (nSPS) is 10.6. The number of nitrogens with one attached hydrogen (secondary N) is 2. The fourth-order valence-corrected chi connectivity index (χ4v) is 4.41. The molecule has 0 bridgehead atoms. The van der Waals surface area contributed by atoms with Crippen LogP contribution in [0.3, 0.4) is 0 Å². The number of nitrogens with zero attached hydrogens (tertiary/aromatic N) is 1. The Bertz CT molecular complexity index is 851. The van der Waals surface area contributed by atoms with Crippen LogP contribution in [-0.2, 0) is 11.5 Å². The third-order valence-electron chi connectivity index (χ3n) is 3.28. The summed E-state index contributed by atoms with van der Waals surface area (Å²) in [5.74, 6) is 0.335. The number of halogens is 1. The molecule has 0 aromatic heterocycles. The van der Waals surface area contributed by atoms with Crippen molar-refractivity contribution in [3.8, 4) is 0 Å². The molecular weight excluding hydrogens is 409 g/mol. The summed E-state index contributed by atoms with van der Waals surface area (Å²) in [6, 6.07) is 9.21. The summed E-state index contributed by atoms with van der Waals surface area (Å²) in [6.07, 6.45) is 0. The van der Waals surface area contributed by atoms with Crippen LogP contribution in [0.15, 0.2) is 46.2 Å². The molecule has 0 fully saturated rings. The lowest BCUT2D eigenvalue weighted by Gasteiger charge is -2.15. The van der Waals surface area contributed by atoms with E-state index in [1.165, 1.54) is 30.0 Å². The fraction of sp³-hybridized carbons (Fsp3) is 0.125. The van der Waals surface area contributed by atoms with Crippen LogP contribution in [0.4, 0.5) is 10.1 Å². The summed E-state index contributed by atoms with van der Waals surface area (Å²) in [4.78, 5) is 1.59. The molecular formula is C16H18FN5O2S3. The Labute approximate surface area is 168 Å². The number of amidine groups is 2. The monoisotopic (exact) mass is 427 g/mol. The summed E-state index contributed by atoms with van der Waals surface area (Å²) in [6.45, 7) is 0. The Morgan fingerprint density at radius 2 is 1.44 bits per heavy atom. The zero-order valence-corrected chi connectivity index (χ0v) is 16.4. The minimum absolute atomic E-state index is 0.0171. The first-order chi connectivity index (χ1) is 12.8. The molecule has 0 aliphatic rings. The number of thioether (sulfide) groups is 2. The maximum Gasteiger partial charge on any atom is 0.151 e. The Morgan fingerprint density at radius 3 is 1.96 bits per heavy atom. The largest absolute Gasteiger partial charge is 0.379 e. The predicted octanol–water partition coefficient (Wildman–Crippen LogP) is 3.82. The first kappa shape index (κ1) is 21.4. The zero-order valence-electron chi connectivity index (χ0n) is 14.0. The van der Waals surface area contributed by atoms with Gasteiger partial charge in [-0.3, -0.25) is 21.2 Å². The van der Waals surface area contributed by atoms with Crippen LogP contribution in [0, 0.1) is 16.6 Å². The molecule has 11 heteroatoms. The summed E-state index contributed by atoms with van der Waals surface area (Å²) >= 11 is 3.59. The summed E-state index contributed by atoms with van der Waals surface area (Å²) in [5.41, 5.74) is 12.4. The summed E-state index contributed by atoms with van der Waals surface area (Å²) in [7, 11) is 0. The summed E-state index contributed by atoms with van der Waals surface area (Å²) in [5, 5.41) is 33.1. The minimum Gasteiger partial charge on any atom is -0.379 e. The highest BCUT2D eigenvalue weighted by molar-refractivity contribution is 8.13. The molecule has 0 unspecified atom stereocenters. The average Bonchev–Trinajstić information content (AvgIpc) is 2.60. The van der Waals surface area contributed by atoms with E-state index in [-0.39, 0.29) is 27.1 Å². The average molecular weight is 428 g/mol. The molecule has 0 radical (unpaired) electrons. The second-order valence-corrected chi connectivity index (χ2v) is 8.36. The van der Waals surface area contributed by atoms with E-state index in [4.69, 9.17) is 22.3 Å². The van der Waals surface area contributed by atoms with Crippen molar-refractivity contribution in [2.45, 2.75) is 21.3 Å². The van der Waals surface area contributed by atoms with Gasteiger partial charge in [-0.25, -0.2) is 4.39 Å². The van der Waals surface area contributed by atoms with Gasteiger partial charge in [-0.05, 0) is 47.5 Å². The van der Waals surface area contributed by atoms with Crippen LogP contribution in [0.25, 0.3) is 0 Å². The molecule has 0 saturated heterocycles. The van der Waals surface area contributed by atoms with Gasteiger partial charge in [0.15, 0.2) is 10.3 Å². The number of hydrogen-bond acceptors (Lipinski definition) is 8. The Kier molecular flexibility index (Phi) is 7.80. The molecule has 0 amide bonds. The Hall–Kier alpha value is -1.92. The van der Waals surface area contributed by atoms with Gasteiger partial charge in [0.05, 0.1) is 5.69 Å². The Balaban J connectivity index is 2.35. The van der Waals surface area contributed by atoms with E-state index in [1.807, 2.05) is 0 Å². The van der Waals surface area contributed by atoms with Gasteiger partial charge >= 0.3 is 0 Å². The molecule has 0 heterocycles. The van der Waals surface area contributed by atoms with Crippen LogP contribution in [0.2, 0.25) is 0 Å². The van der Waals surface area contributed by atoms with Gasteiger partial charge in [0.1, 0.15) is 5.82 Å². The minimum atomic E-state index is -0.377. The first-order valence-corrected chi connectivity index (χ1v) is 10.3. The number of benzene rings is 2. The van der Waals surface area contributed by atoms with E-state index in [9.17, 15) is 14.8 Å². The highest BCUT2D eigenvalue weighted by Gasteiger charge is 2.13. The fourth-order valence-electron chi connectivity index (χ4n) is 2.09. The molecule has 2 aromatic carbocycles. The topological polar surface area (TPSA) is 143 Å². The molecule has 0 saturated carbocycles. The van der Waals surface area contributed by atoms with E-state index < -0.39 is 0 Å². The summed E-state index contributed by atoms with van der Waals surface area (Å²) < 4.78 is 13.6. The number of rotatable bonds is 7. The van der Waals surface area contributed by atoms with Crippen LogP contribution in [0.5, 0.6) is 0 Å². The molecule has 2 rings (SSSR count). The van der Waals surface area contributed by atoms with Gasteiger partial charge in [0, 0.05) is 21.3 Å². The molecule has 0 spiro atoms. The van der Waals surface area contributed by atoms with Gasteiger partial charge in [-0.15, -0.1) is 5.23 Å².